The van der Waals surface area contributed by atoms with Crippen LogP contribution in [0.25, 0.3) is 0 Å². The predicted molar refractivity (Wildman–Crippen MR) is 145 cm³/mol. The highest BCUT2D eigenvalue weighted by atomic mass is 16.5. The van der Waals surface area contributed by atoms with Crippen LogP contribution in [0.1, 0.15) is 47.8 Å². The fraction of sp³-hybridized carbons (Fsp3) is 0.156. The first-order valence-electron chi connectivity index (χ1n) is 12.4. The third kappa shape index (κ3) is 7.79. The summed E-state index contributed by atoms with van der Waals surface area (Å²) in [5.74, 6) is -0.514. The molecule has 7 heteroatoms. The van der Waals surface area contributed by atoms with Crippen molar-refractivity contribution >= 4 is 18.2 Å². The number of carbonyl (C=O) groups excluding carboxylic acids is 3. The highest BCUT2D eigenvalue weighted by Gasteiger charge is 2.17. The van der Waals surface area contributed by atoms with E-state index in [0.29, 0.717) is 23.2 Å². The third-order valence-electron chi connectivity index (χ3n) is 5.74. The van der Waals surface area contributed by atoms with E-state index < -0.39 is 11.9 Å². The molecule has 0 aliphatic heterocycles. The van der Waals surface area contributed by atoms with Crippen LogP contribution in [-0.4, -0.2) is 31.4 Å². The smallest absolute Gasteiger partial charge is 0.342 e. The monoisotopic (exact) mass is 524 g/mol. The Morgan fingerprint density at radius 1 is 0.641 bits per heavy atom. The standard InChI is InChI=1S/C32H28O7/c1-23-12-14-27(31(34)38-21-24-8-4-2-5-9-24)29(18-23)36-16-17-37-30-19-26(20-33)13-15-28(30)32(35)39-22-25-10-6-3-7-11-25/h2-15,18-20H,16-17,21-22H2,1H3. The summed E-state index contributed by atoms with van der Waals surface area (Å²) in [6, 6.07) is 28.4. The van der Waals surface area contributed by atoms with E-state index in [1.807, 2.05) is 67.6 Å². The highest BCUT2D eigenvalue weighted by molar-refractivity contribution is 5.94. The van der Waals surface area contributed by atoms with Gasteiger partial charge in [0.15, 0.2) is 0 Å². The van der Waals surface area contributed by atoms with Crippen molar-refractivity contribution in [2.24, 2.45) is 0 Å². The Morgan fingerprint density at radius 3 is 1.64 bits per heavy atom. The summed E-state index contributed by atoms with van der Waals surface area (Å²) in [5.41, 5.74) is 3.48. The maximum absolute atomic E-state index is 12.7. The number of esters is 2. The first-order chi connectivity index (χ1) is 19.0. The molecule has 0 heterocycles. The Kier molecular flexibility index (Phi) is 9.45. The molecule has 0 unspecified atom stereocenters. The molecule has 0 saturated carbocycles. The molecule has 0 aromatic heterocycles. The summed E-state index contributed by atoms with van der Waals surface area (Å²) in [4.78, 5) is 36.8. The second-order valence-electron chi connectivity index (χ2n) is 8.69. The Hall–Kier alpha value is -4.91. The Bertz CT molecular complexity index is 1420. The molecular weight excluding hydrogens is 496 g/mol. The average Bonchev–Trinajstić information content (AvgIpc) is 2.98. The van der Waals surface area contributed by atoms with E-state index in [4.69, 9.17) is 18.9 Å². The molecule has 0 radical (unpaired) electrons. The Morgan fingerprint density at radius 2 is 1.13 bits per heavy atom. The highest BCUT2D eigenvalue weighted by Crippen LogP contribution is 2.24. The zero-order valence-electron chi connectivity index (χ0n) is 21.5. The molecule has 0 bridgehead atoms. The van der Waals surface area contributed by atoms with E-state index >= 15 is 0 Å². The molecule has 0 amide bonds. The van der Waals surface area contributed by atoms with Crippen LogP contribution in [0.5, 0.6) is 11.5 Å². The van der Waals surface area contributed by atoms with Gasteiger partial charge in [0.2, 0.25) is 0 Å². The number of ether oxygens (including phenoxy) is 4. The molecule has 4 rings (SSSR count). The molecule has 39 heavy (non-hydrogen) atoms. The summed E-state index contributed by atoms with van der Waals surface area (Å²) in [6.45, 7) is 2.27. The van der Waals surface area contributed by atoms with Gasteiger partial charge in [-0.05, 0) is 47.9 Å². The number of aldehydes is 1. The van der Waals surface area contributed by atoms with Gasteiger partial charge in [-0.3, -0.25) is 4.79 Å². The number of benzene rings is 4. The van der Waals surface area contributed by atoms with Crippen LogP contribution in [0.15, 0.2) is 97.1 Å². The van der Waals surface area contributed by atoms with Crippen LogP contribution in [0, 0.1) is 6.92 Å². The topological polar surface area (TPSA) is 88.1 Å². The van der Waals surface area contributed by atoms with Gasteiger partial charge in [0.25, 0.3) is 0 Å². The van der Waals surface area contributed by atoms with Gasteiger partial charge in [-0.25, -0.2) is 9.59 Å². The average molecular weight is 525 g/mol. The molecule has 7 nitrogen and oxygen atoms in total. The summed E-state index contributed by atoms with van der Waals surface area (Å²) in [7, 11) is 0. The summed E-state index contributed by atoms with van der Waals surface area (Å²) >= 11 is 0. The van der Waals surface area contributed by atoms with Crippen molar-refractivity contribution < 1.29 is 33.3 Å². The van der Waals surface area contributed by atoms with Crippen LogP contribution in [-0.2, 0) is 22.7 Å². The lowest BCUT2D eigenvalue weighted by Crippen LogP contribution is -2.15. The van der Waals surface area contributed by atoms with Gasteiger partial charge in [-0.2, -0.15) is 0 Å². The van der Waals surface area contributed by atoms with Crippen LogP contribution in [0.2, 0.25) is 0 Å². The zero-order chi connectivity index (χ0) is 27.5. The van der Waals surface area contributed by atoms with Gasteiger partial charge in [-0.15, -0.1) is 0 Å². The first kappa shape index (κ1) is 27.1. The fourth-order valence-corrected chi connectivity index (χ4v) is 3.72. The molecule has 4 aromatic rings. The lowest BCUT2D eigenvalue weighted by atomic mass is 10.1. The molecule has 0 fully saturated rings. The lowest BCUT2D eigenvalue weighted by Gasteiger charge is -2.14. The molecule has 4 aromatic carbocycles. The number of carbonyl (C=O) groups is 3. The van der Waals surface area contributed by atoms with Gasteiger partial charge < -0.3 is 18.9 Å². The SMILES string of the molecule is Cc1ccc(C(=O)OCc2ccccc2)c(OCCOc2cc(C=O)ccc2C(=O)OCc2ccccc2)c1. The number of hydrogen-bond donors (Lipinski definition) is 0. The number of aryl methyl sites for hydroxylation is 1. The van der Waals surface area contributed by atoms with Crippen molar-refractivity contribution in [3.63, 3.8) is 0 Å². The molecular formula is C32H28O7. The Balaban J connectivity index is 1.37. The van der Waals surface area contributed by atoms with Gasteiger partial charge in [-0.1, -0.05) is 72.8 Å². The second kappa shape index (κ2) is 13.6. The van der Waals surface area contributed by atoms with Crippen LogP contribution in [0.3, 0.4) is 0 Å². The van der Waals surface area contributed by atoms with Crippen LogP contribution in [0.4, 0.5) is 0 Å². The minimum atomic E-state index is -0.575. The van der Waals surface area contributed by atoms with Crippen molar-refractivity contribution in [2.75, 3.05) is 13.2 Å². The van der Waals surface area contributed by atoms with E-state index in [2.05, 4.69) is 0 Å². The van der Waals surface area contributed by atoms with Crippen molar-refractivity contribution in [2.45, 2.75) is 20.1 Å². The van der Waals surface area contributed by atoms with Crippen molar-refractivity contribution in [3.8, 4) is 11.5 Å². The van der Waals surface area contributed by atoms with Crippen molar-refractivity contribution in [1.29, 1.82) is 0 Å². The quantitative estimate of drug-likeness (QED) is 0.128. The van der Waals surface area contributed by atoms with Gasteiger partial charge >= 0.3 is 11.9 Å². The largest absolute Gasteiger partial charge is 0.489 e. The molecule has 0 atom stereocenters. The fourth-order valence-electron chi connectivity index (χ4n) is 3.72. The van der Waals surface area contributed by atoms with Gasteiger partial charge in [0.1, 0.15) is 55.3 Å². The number of rotatable bonds is 12. The van der Waals surface area contributed by atoms with Gasteiger partial charge in [0.05, 0.1) is 0 Å². The minimum absolute atomic E-state index is 0.0493. The molecule has 198 valence electrons. The minimum Gasteiger partial charge on any atom is -0.489 e. The zero-order valence-corrected chi connectivity index (χ0v) is 21.5. The maximum atomic E-state index is 12.7. The lowest BCUT2D eigenvalue weighted by molar-refractivity contribution is 0.0455. The third-order valence-corrected chi connectivity index (χ3v) is 5.74. The van der Waals surface area contributed by atoms with Crippen LogP contribution >= 0.6 is 0 Å². The van der Waals surface area contributed by atoms with Crippen LogP contribution < -0.4 is 9.47 Å². The van der Waals surface area contributed by atoms with E-state index in [1.165, 1.54) is 18.2 Å². The van der Waals surface area contributed by atoms with E-state index in [1.54, 1.807) is 18.2 Å². The normalized spacial score (nSPS) is 10.4. The van der Waals surface area contributed by atoms with Crippen molar-refractivity contribution in [3.05, 3.63) is 130 Å². The molecule has 0 aliphatic rings. The molecule has 0 N–H and O–H groups in total. The predicted octanol–water partition coefficient (Wildman–Crippen LogP) is 5.98. The number of hydrogen-bond acceptors (Lipinski definition) is 7. The maximum Gasteiger partial charge on any atom is 0.342 e. The second-order valence-corrected chi connectivity index (χ2v) is 8.69. The molecule has 0 aliphatic carbocycles. The van der Waals surface area contributed by atoms with Gasteiger partial charge in [0, 0.05) is 5.56 Å². The summed E-state index contributed by atoms with van der Waals surface area (Å²) in [6.07, 6.45) is 0.669. The van der Waals surface area contributed by atoms with Crippen molar-refractivity contribution in [1.82, 2.24) is 0 Å². The summed E-state index contributed by atoms with van der Waals surface area (Å²) < 4.78 is 22.6. The first-order valence-corrected chi connectivity index (χ1v) is 12.4. The summed E-state index contributed by atoms with van der Waals surface area (Å²) in [5, 5.41) is 0. The molecule has 0 saturated heterocycles. The van der Waals surface area contributed by atoms with E-state index in [9.17, 15) is 14.4 Å². The van der Waals surface area contributed by atoms with E-state index in [-0.39, 0.29) is 37.7 Å². The molecule has 0 spiro atoms. The Labute approximate surface area is 226 Å². The van der Waals surface area contributed by atoms with E-state index in [0.717, 1.165) is 16.7 Å².